The summed E-state index contributed by atoms with van der Waals surface area (Å²) in [5.41, 5.74) is 1.46. The van der Waals surface area contributed by atoms with Crippen LogP contribution in [-0.4, -0.2) is 35.2 Å². The van der Waals surface area contributed by atoms with Crippen molar-refractivity contribution in [3.63, 3.8) is 0 Å². The molecule has 0 unspecified atom stereocenters. The topological polar surface area (TPSA) is 60.4 Å². The monoisotopic (exact) mass is 338 g/mol. The van der Waals surface area contributed by atoms with E-state index in [0.717, 1.165) is 11.3 Å². The Morgan fingerprint density at radius 3 is 2.72 bits per heavy atom. The van der Waals surface area contributed by atoms with Crippen molar-refractivity contribution in [3.05, 3.63) is 54.7 Å². The van der Waals surface area contributed by atoms with Gasteiger partial charge >= 0.3 is 0 Å². The first-order chi connectivity index (χ1) is 12.2. The summed E-state index contributed by atoms with van der Waals surface area (Å²) in [7, 11) is 1.74. The molecule has 7 heteroatoms. The van der Waals surface area contributed by atoms with Gasteiger partial charge in [-0.25, -0.2) is 14.4 Å². The summed E-state index contributed by atoms with van der Waals surface area (Å²) in [5.74, 6) is 1.39. The lowest BCUT2D eigenvalue weighted by Crippen LogP contribution is -2.17. The molecule has 0 fully saturated rings. The first kappa shape index (κ1) is 15.3. The zero-order valence-corrected chi connectivity index (χ0v) is 13.5. The van der Waals surface area contributed by atoms with Gasteiger partial charge in [0, 0.05) is 36.8 Å². The van der Waals surface area contributed by atoms with Crippen LogP contribution < -0.4 is 14.4 Å². The third-order valence-electron chi connectivity index (χ3n) is 3.88. The molecule has 3 heterocycles. The summed E-state index contributed by atoms with van der Waals surface area (Å²) in [6.45, 7) is 1.02. The van der Waals surface area contributed by atoms with Crippen LogP contribution in [0.5, 0.6) is 11.5 Å². The van der Waals surface area contributed by atoms with Crippen molar-refractivity contribution in [2.45, 2.75) is 0 Å². The number of hydrogen-bond acceptors (Lipinski definition) is 6. The number of ether oxygens (including phenoxy) is 2. The molecule has 0 atom stereocenters. The fourth-order valence-electron chi connectivity index (χ4n) is 2.59. The molecular weight excluding hydrogens is 323 g/mol. The van der Waals surface area contributed by atoms with Crippen LogP contribution >= 0.6 is 0 Å². The van der Waals surface area contributed by atoms with Crippen molar-refractivity contribution >= 4 is 11.5 Å². The molecule has 1 aromatic carbocycles. The normalized spacial score (nSPS) is 12.7. The molecule has 4 rings (SSSR count). The SMILES string of the molecule is CN(c1ccc2c(c1)OCCO2)c1nc(-c2cccnc2)ncc1F. The van der Waals surface area contributed by atoms with Crippen LogP contribution in [0.15, 0.2) is 48.9 Å². The van der Waals surface area contributed by atoms with E-state index in [0.29, 0.717) is 30.5 Å². The molecule has 25 heavy (non-hydrogen) atoms. The van der Waals surface area contributed by atoms with E-state index in [1.165, 1.54) is 6.20 Å². The fraction of sp³-hybridized carbons (Fsp3) is 0.167. The molecule has 0 N–H and O–H groups in total. The first-order valence-corrected chi connectivity index (χ1v) is 7.79. The largest absolute Gasteiger partial charge is 0.486 e. The summed E-state index contributed by atoms with van der Waals surface area (Å²) in [6.07, 6.45) is 4.47. The number of pyridine rings is 1. The van der Waals surface area contributed by atoms with Crippen LogP contribution in [0, 0.1) is 5.82 Å². The Morgan fingerprint density at radius 2 is 1.92 bits per heavy atom. The van der Waals surface area contributed by atoms with Gasteiger partial charge in [0.1, 0.15) is 13.2 Å². The maximum absolute atomic E-state index is 14.3. The smallest absolute Gasteiger partial charge is 0.184 e. The summed E-state index contributed by atoms with van der Waals surface area (Å²) >= 11 is 0. The molecule has 0 spiro atoms. The first-order valence-electron chi connectivity index (χ1n) is 7.79. The van der Waals surface area contributed by atoms with E-state index >= 15 is 0 Å². The molecule has 0 bridgehead atoms. The van der Waals surface area contributed by atoms with Crippen LogP contribution in [-0.2, 0) is 0 Å². The van der Waals surface area contributed by atoms with Crippen molar-refractivity contribution in [1.29, 1.82) is 0 Å². The van der Waals surface area contributed by atoms with E-state index in [4.69, 9.17) is 9.47 Å². The highest BCUT2D eigenvalue weighted by Gasteiger charge is 2.18. The van der Waals surface area contributed by atoms with Crippen LogP contribution in [0.25, 0.3) is 11.4 Å². The summed E-state index contributed by atoms with van der Waals surface area (Å²) < 4.78 is 25.4. The average Bonchev–Trinajstić information content (AvgIpc) is 2.68. The number of aromatic nitrogens is 3. The van der Waals surface area contributed by atoms with Gasteiger partial charge in [-0.3, -0.25) is 4.98 Å². The van der Waals surface area contributed by atoms with Crippen molar-refractivity contribution in [3.8, 4) is 22.9 Å². The lowest BCUT2D eigenvalue weighted by Gasteiger charge is -2.23. The average molecular weight is 338 g/mol. The van der Waals surface area contributed by atoms with E-state index in [9.17, 15) is 4.39 Å². The van der Waals surface area contributed by atoms with Gasteiger partial charge in [-0.1, -0.05) is 0 Å². The minimum Gasteiger partial charge on any atom is -0.486 e. The molecule has 3 aromatic rings. The highest BCUT2D eigenvalue weighted by atomic mass is 19.1. The van der Waals surface area contributed by atoms with E-state index in [1.807, 2.05) is 12.1 Å². The Bertz CT molecular complexity index is 905. The van der Waals surface area contributed by atoms with Gasteiger partial charge in [0.2, 0.25) is 0 Å². The number of benzene rings is 1. The van der Waals surface area contributed by atoms with Gasteiger partial charge in [0.05, 0.1) is 6.20 Å². The van der Waals surface area contributed by atoms with Crippen LogP contribution in [0.2, 0.25) is 0 Å². The number of anilines is 2. The molecule has 0 saturated carbocycles. The Labute approximate surface area is 143 Å². The molecule has 126 valence electrons. The van der Waals surface area contributed by atoms with Gasteiger partial charge in [-0.05, 0) is 24.3 Å². The van der Waals surface area contributed by atoms with Gasteiger partial charge in [-0.2, -0.15) is 0 Å². The predicted octanol–water partition coefficient (Wildman–Crippen LogP) is 3.22. The third kappa shape index (κ3) is 2.96. The zero-order chi connectivity index (χ0) is 17.2. The predicted molar refractivity (Wildman–Crippen MR) is 90.7 cm³/mol. The number of hydrogen-bond donors (Lipinski definition) is 0. The molecule has 1 aliphatic heterocycles. The maximum Gasteiger partial charge on any atom is 0.184 e. The van der Waals surface area contributed by atoms with E-state index in [1.54, 1.807) is 42.5 Å². The Morgan fingerprint density at radius 1 is 1.08 bits per heavy atom. The van der Waals surface area contributed by atoms with Gasteiger partial charge in [0.25, 0.3) is 0 Å². The van der Waals surface area contributed by atoms with Crippen molar-refractivity contribution in [1.82, 2.24) is 15.0 Å². The van der Waals surface area contributed by atoms with Crippen molar-refractivity contribution < 1.29 is 13.9 Å². The molecule has 1 aliphatic rings. The zero-order valence-electron chi connectivity index (χ0n) is 13.5. The number of nitrogens with zero attached hydrogens (tertiary/aromatic N) is 4. The highest BCUT2D eigenvalue weighted by Crippen LogP contribution is 2.36. The second kappa shape index (κ2) is 6.35. The molecule has 0 amide bonds. The standard InChI is InChI=1S/C18H15FN4O2/c1-23(13-4-5-15-16(9-13)25-8-7-24-15)18-14(19)11-21-17(22-18)12-3-2-6-20-10-12/h2-6,9-11H,7-8H2,1H3. The number of fused-ring (bicyclic) bond motifs is 1. The lowest BCUT2D eigenvalue weighted by molar-refractivity contribution is 0.171. The van der Waals surface area contributed by atoms with Gasteiger partial charge in [-0.15, -0.1) is 0 Å². The quantitative estimate of drug-likeness (QED) is 0.731. The Kier molecular flexibility index (Phi) is 3.89. The second-order valence-corrected chi connectivity index (χ2v) is 5.49. The summed E-state index contributed by atoms with van der Waals surface area (Å²) in [6, 6.07) is 9.06. The third-order valence-corrected chi connectivity index (χ3v) is 3.88. The molecule has 0 saturated heterocycles. The van der Waals surface area contributed by atoms with Crippen molar-refractivity contribution in [2.24, 2.45) is 0 Å². The van der Waals surface area contributed by atoms with E-state index in [-0.39, 0.29) is 5.82 Å². The van der Waals surface area contributed by atoms with Gasteiger partial charge < -0.3 is 14.4 Å². The van der Waals surface area contributed by atoms with E-state index < -0.39 is 5.82 Å². The summed E-state index contributed by atoms with van der Waals surface area (Å²) in [4.78, 5) is 14.1. The Balaban J connectivity index is 1.71. The number of rotatable bonds is 3. The minimum absolute atomic E-state index is 0.172. The van der Waals surface area contributed by atoms with Crippen molar-refractivity contribution in [2.75, 3.05) is 25.2 Å². The Hall–Kier alpha value is -3.22. The molecule has 6 nitrogen and oxygen atoms in total. The van der Waals surface area contributed by atoms with Crippen LogP contribution in [0.4, 0.5) is 15.9 Å². The van der Waals surface area contributed by atoms with E-state index in [2.05, 4.69) is 15.0 Å². The highest BCUT2D eigenvalue weighted by molar-refractivity contribution is 5.65. The van der Waals surface area contributed by atoms with Crippen LogP contribution in [0.1, 0.15) is 0 Å². The fourth-order valence-corrected chi connectivity index (χ4v) is 2.59. The molecule has 2 aromatic heterocycles. The van der Waals surface area contributed by atoms with Gasteiger partial charge in [0.15, 0.2) is 29.0 Å². The maximum atomic E-state index is 14.3. The second-order valence-electron chi connectivity index (χ2n) is 5.49. The number of halogens is 1. The molecule has 0 radical (unpaired) electrons. The van der Waals surface area contributed by atoms with Crippen LogP contribution in [0.3, 0.4) is 0 Å². The molecular formula is C18H15FN4O2. The molecule has 0 aliphatic carbocycles. The summed E-state index contributed by atoms with van der Waals surface area (Å²) in [5, 5.41) is 0. The minimum atomic E-state index is -0.509. The lowest BCUT2D eigenvalue weighted by atomic mass is 10.2.